The quantitative estimate of drug-likeness (QED) is 0.132. The van der Waals surface area contributed by atoms with Crippen LogP contribution in [0.15, 0.2) is 90.9 Å². The smallest absolute Gasteiger partial charge is 0.141 e. The van der Waals surface area contributed by atoms with Gasteiger partial charge in [0.15, 0.2) is 0 Å². The van der Waals surface area contributed by atoms with Crippen LogP contribution in [0, 0.1) is 17.1 Å². The number of anilines is 3. The number of nitrogens with one attached hydrogen (secondary N) is 4. The monoisotopic (exact) mass is 666 g/mol. The largest absolute Gasteiger partial charge is 0.373 e. The molecule has 4 aromatic carbocycles. The number of likely N-dealkylation sites (tertiary alicyclic amines) is 1. The van der Waals surface area contributed by atoms with Gasteiger partial charge in [-0.3, -0.25) is 9.99 Å². The summed E-state index contributed by atoms with van der Waals surface area (Å²) in [5, 5.41) is 22.5. The van der Waals surface area contributed by atoms with Crippen LogP contribution in [0.4, 0.5) is 21.5 Å². The van der Waals surface area contributed by atoms with Crippen molar-refractivity contribution in [3.8, 4) is 6.07 Å². The van der Waals surface area contributed by atoms with Gasteiger partial charge in [-0.2, -0.15) is 5.26 Å². The Hall–Kier alpha value is -4.59. The number of fused-ring (bicyclic) bond motifs is 2. The molecule has 7 rings (SSSR count). The van der Waals surface area contributed by atoms with Crippen molar-refractivity contribution in [1.29, 1.82) is 5.26 Å². The van der Waals surface area contributed by atoms with Gasteiger partial charge in [0.25, 0.3) is 0 Å². The minimum Gasteiger partial charge on any atom is -0.373 e. The van der Waals surface area contributed by atoms with E-state index in [0.29, 0.717) is 38.9 Å². The number of rotatable bonds is 8. The highest BCUT2D eigenvalue weighted by atomic mass is 35.5. The second-order valence-corrected chi connectivity index (χ2v) is 12.7. The lowest BCUT2D eigenvalue weighted by Crippen LogP contribution is -2.48. The number of hydrogen-bond acceptors (Lipinski definition) is 8. The maximum absolute atomic E-state index is 13.9. The lowest BCUT2D eigenvalue weighted by Gasteiger charge is -2.35. The first-order chi connectivity index (χ1) is 22.9. The van der Waals surface area contributed by atoms with Crippen LogP contribution in [-0.2, 0) is 0 Å². The van der Waals surface area contributed by atoms with Gasteiger partial charge in [-0.05, 0) is 72.1 Å². The van der Waals surface area contributed by atoms with Gasteiger partial charge in [-0.15, -0.1) is 5.53 Å². The first-order valence-corrected chi connectivity index (χ1v) is 16.4. The third kappa shape index (κ3) is 6.38. The SMILES string of the molecule is CCN1CCC(N2C=C([C@@H](Nc3cc(Cl)c4ncc(C#N)c(Nc5ccc(F)c(Cl)c5)c4c3)c3ccc4ccccc4c3)NN2)CC1. The van der Waals surface area contributed by atoms with Crippen molar-refractivity contribution >= 4 is 61.9 Å². The van der Waals surface area contributed by atoms with Crippen molar-refractivity contribution in [1.82, 2.24) is 25.9 Å². The second-order valence-electron chi connectivity index (χ2n) is 11.8. The van der Waals surface area contributed by atoms with Crippen molar-refractivity contribution in [3.05, 3.63) is 118 Å². The van der Waals surface area contributed by atoms with E-state index in [1.807, 2.05) is 24.3 Å². The summed E-state index contributed by atoms with van der Waals surface area (Å²) in [6.07, 6.45) is 5.78. The number of piperidine rings is 1. The molecule has 0 bridgehead atoms. The van der Waals surface area contributed by atoms with Crippen LogP contribution in [0.1, 0.15) is 36.9 Å². The van der Waals surface area contributed by atoms with Gasteiger partial charge >= 0.3 is 0 Å². The Morgan fingerprint density at radius 1 is 1.00 bits per heavy atom. The lowest BCUT2D eigenvalue weighted by atomic mass is 9.99. The first kappa shape index (κ1) is 31.0. The Labute approximate surface area is 282 Å². The molecule has 0 radical (unpaired) electrons. The molecule has 0 aliphatic carbocycles. The van der Waals surface area contributed by atoms with Crippen molar-refractivity contribution in [2.24, 2.45) is 0 Å². The predicted molar refractivity (Wildman–Crippen MR) is 188 cm³/mol. The molecule has 2 aliphatic rings. The second kappa shape index (κ2) is 13.3. The fourth-order valence-electron chi connectivity index (χ4n) is 6.38. The van der Waals surface area contributed by atoms with E-state index in [1.165, 1.54) is 18.3 Å². The molecule has 1 saturated heterocycles. The summed E-state index contributed by atoms with van der Waals surface area (Å²) in [6.45, 7) is 5.43. The minimum atomic E-state index is -0.527. The first-order valence-electron chi connectivity index (χ1n) is 15.6. The van der Waals surface area contributed by atoms with E-state index in [0.717, 1.165) is 60.2 Å². The molecule has 1 atom stereocenters. The van der Waals surface area contributed by atoms with E-state index in [9.17, 15) is 9.65 Å². The number of pyridine rings is 1. The van der Waals surface area contributed by atoms with Gasteiger partial charge < -0.3 is 21.0 Å². The fourth-order valence-corrected chi connectivity index (χ4v) is 6.82. The summed E-state index contributed by atoms with van der Waals surface area (Å²) < 4.78 is 13.9. The normalized spacial score (nSPS) is 16.1. The van der Waals surface area contributed by atoms with E-state index in [-0.39, 0.29) is 11.1 Å². The Morgan fingerprint density at radius 3 is 2.55 bits per heavy atom. The summed E-state index contributed by atoms with van der Waals surface area (Å²) in [6, 6.07) is 25.2. The van der Waals surface area contributed by atoms with Crippen LogP contribution < -0.4 is 21.6 Å². The lowest BCUT2D eigenvalue weighted by molar-refractivity contribution is 0.112. The number of aromatic nitrogens is 1. The molecule has 238 valence electrons. The van der Waals surface area contributed by atoms with Crippen molar-refractivity contribution < 1.29 is 4.39 Å². The molecule has 0 unspecified atom stereocenters. The van der Waals surface area contributed by atoms with Crippen molar-refractivity contribution in [2.45, 2.75) is 31.8 Å². The van der Waals surface area contributed by atoms with Gasteiger partial charge in [0.2, 0.25) is 0 Å². The molecular formula is C36H33Cl2FN8. The zero-order valence-corrected chi connectivity index (χ0v) is 27.2. The third-order valence-electron chi connectivity index (χ3n) is 8.97. The Kier molecular flexibility index (Phi) is 8.76. The number of nitrogens with zero attached hydrogens (tertiary/aromatic N) is 4. The van der Waals surface area contributed by atoms with Crippen LogP contribution in [0.5, 0.6) is 0 Å². The summed E-state index contributed by atoms with van der Waals surface area (Å²) in [5.41, 5.74) is 11.4. The maximum Gasteiger partial charge on any atom is 0.141 e. The van der Waals surface area contributed by atoms with Gasteiger partial charge in [0, 0.05) is 48.3 Å². The summed E-state index contributed by atoms with van der Waals surface area (Å²) >= 11 is 12.9. The van der Waals surface area contributed by atoms with Gasteiger partial charge in [-0.1, -0.05) is 66.5 Å². The molecule has 47 heavy (non-hydrogen) atoms. The number of benzene rings is 4. The van der Waals surface area contributed by atoms with E-state index in [4.69, 9.17) is 23.2 Å². The number of hydrogen-bond donors (Lipinski definition) is 4. The van der Waals surface area contributed by atoms with E-state index < -0.39 is 5.82 Å². The Morgan fingerprint density at radius 2 is 1.79 bits per heavy atom. The molecule has 3 heterocycles. The van der Waals surface area contributed by atoms with Crippen molar-refractivity contribution in [3.63, 3.8) is 0 Å². The van der Waals surface area contributed by atoms with Crippen LogP contribution in [0.2, 0.25) is 10.0 Å². The molecule has 0 spiro atoms. The van der Waals surface area contributed by atoms with E-state index in [1.54, 1.807) is 6.07 Å². The predicted octanol–water partition coefficient (Wildman–Crippen LogP) is 8.25. The minimum absolute atomic E-state index is 0.0265. The zero-order valence-electron chi connectivity index (χ0n) is 25.7. The van der Waals surface area contributed by atoms with Gasteiger partial charge in [0.1, 0.15) is 11.9 Å². The zero-order chi connectivity index (χ0) is 32.5. The summed E-state index contributed by atoms with van der Waals surface area (Å²) in [4.78, 5) is 6.98. The Balaban J connectivity index is 1.28. The molecule has 1 aromatic heterocycles. The molecule has 0 amide bonds. The highest BCUT2D eigenvalue weighted by Crippen LogP contribution is 2.38. The molecular weight excluding hydrogens is 634 g/mol. The molecule has 8 nitrogen and oxygen atoms in total. The van der Waals surface area contributed by atoms with Gasteiger partial charge in [0.05, 0.1) is 38.6 Å². The van der Waals surface area contributed by atoms with Crippen LogP contribution >= 0.6 is 23.2 Å². The average Bonchev–Trinajstić information content (AvgIpc) is 3.59. The molecule has 4 N–H and O–H groups in total. The van der Waals surface area contributed by atoms with Crippen LogP contribution in [-0.4, -0.2) is 40.6 Å². The average molecular weight is 668 g/mol. The van der Waals surface area contributed by atoms with E-state index >= 15 is 0 Å². The topological polar surface area (TPSA) is 91.3 Å². The summed E-state index contributed by atoms with van der Waals surface area (Å²) in [5.74, 6) is -0.527. The third-order valence-corrected chi connectivity index (χ3v) is 9.55. The molecule has 11 heteroatoms. The number of hydrazine groups is 2. The van der Waals surface area contributed by atoms with Crippen LogP contribution in [0.25, 0.3) is 21.7 Å². The highest BCUT2D eigenvalue weighted by Gasteiger charge is 2.29. The van der Waals surface area contributed by atoms with Crippen molar-refractivity contribution in [2.75, 3.05) is 30.3 Å². The molecule has 0 saturated carbocycles. The summed E-state index contributed by atoms with van der Waals surface area (Å²) in [7, 11) is 0. The number of nitriles is 1. The standard InChI is InChI=1S/C36H33Cl2FN8/c1-2-46-13-11-28(12-14-46)47-21-33(44-45-47)35(24-8-7-22-5-3-4-6-23(22)15-24)43-27-16-29-34(42-26-9-10-32(39)30(37)17-26)25(19-40)20-41-36(29)31(38)18-27/h3-10,15-18,20-21,28,35,43-45H,2,11-14H2,1H3,(H,41,42)/t35-/m0/s1. The van der Waals surface area contributed by atoms with Gasteiger partial charge in [-0.25, -0.2) is 4.39 Å². The fraction of sp³-hybridized carbons (Fsp3) is 0.222. The molecule has 1 fully saturated rings. The molecule has 5 aromatic rings. The Bertz CT molecular complexity index is 2040. The van der Waals surface area contributed by atoms with Crippen LogP contribution in [0.3, 0.4) is 0 Å². The highest BCUT2D eigenvalue weighted by molar-refractivity contribution is 6.36. The number of halogens is 3. The maximum atomic E-state index is 13.9. The van der Waals surface area contributed by atoms with E-state index in [2.05, 4.69) is 86.0 Å². The molecule has 2 aliphatic heterocycles.